The van der Waals surface area contributed by atoms with Crippen molar-refractivity contribution in [2.24, 2.45) is 5.73 Å². The number of pyridine rings is 1. The maximum atomic E-state index is 14.3. The maximum absolute atomic E-state index is 14.3. The number of aromatic nitrogens is 3. The van der Waals surface area contributed by atoms with Crippen molar-refractivity contribution in [3.8, 4) is 11.4 Å². The lowest BCUT2D eigenvalue weighted by atomic mass is 9.81. The highest BCUT2D eigenvalue weighted by Gasteiger charge is 2.41. The molecule has 0 aliphatic rings. The summed E-state index contributed by atoms with van der Waals surface area (Å²) in [6.45, 7) is 2.05. The molecule has 0 aliphatic heterocycles. The Morgan fingerprint density at radius 3 is 2.67 bits per heavy atom. The van der Waals surface area contributed by atoms with E-state index in [4.69, 9.17) is 22.1 Å². The molecule has 0 bridgehead atoms. The van der Waals surface area contributed by atoms with Gasteiger partial charge in [-0.15, -0.1) is 0 Å². The van der Waals surface area contributed by atoms with Crippen LogP contribution in [0.15, 0.2) is 48.8 Å². The smallest absolute Gasteiger partial charge is 0.252 e. The van der Waals surface area contributed by atoms with Crippen LogP contribution in [-0.2, 0) is 11.4 Å². The second-order valence-electron chi connectivity index (χ2n) is 8.45. The highest BCUT2D eigenvalue weighted by Crippen LogP contribution is 2.36. The summed E-state index contributed by atoms with van der Waals surface area (Å²) in [5.74, 6) is -3.11. The van der Waals surface area contributed by atoms with E-state index < -0.39 is 35.7 Å². The van der Waals surface area contributed by atoms with Gasteiger partial charge < -0.3 is 20.7 Å². The fourth-order valence-electron chi connectivity index (χ4n) is 4.06. The number of carbonyl (C=O) groups is 1. The van der Waals surface area contributed by atoms with Gasteiger partial charge in [0.05, 0.1) is 29.7 Å². The average molecular weight is 517 g/mol. The number of nitrogens with two attached hydrogens (primary N) is 1. The maximum Gasteiger partial charge on any atom is 0.252 e. The molecule has 8 nitrogen and oxygen atoms in total. The minimum absolute atomic E-state index is 0.00121. The Labute approximate surface area is 209 Å². The number of amides is 1. The number of hydrogen-bond donors (Lipinski definition) is 3. The highest BCUT2D eigenvalue weighted by atomic mass is 35.5. The third-order valence-corrected chi connectivity index (χ3v) is 6.46. The molecule has 1 amide bonds. The topological polar surface area (TPSA) is 123 Å². The third kappa shape index (κ3) is 4.62. The zero-order chi connectivity index (χ0) is 26.2. The Morgan fingerprint density at radius 2 is 2.03 bits per heavy atom. The summed E-state index contributed by atoms with van der Waals surface area (Å²) < 4.78 is 35.3. The van der Waals surface area contributed by atoms with Crippen LogP contribution in [0.1, 0.15) is 29.7 Å². The number of benzene rings is 2. The average Bonchev–Trinajstić information content (AvgIpc) is 3.27. The monoisotopic (exact) mass is 516 g/mol. The normalized spacial score (nSPS) is 14.0. The lowest BCUT2D eigenvalue weighted by molar-refractivity contribution is -0.143. The molecular weight excluding hydrogens is 494 g/mol. The molecule has 0 fully saturated rings. The molecule has 2 heterocycles. The van der Waals surface area contributed by atoms with Crippen molar-refractivity contribution in [1.29, 1.82) is 0 Å². The van der Waals surface area contributed by atoms with E-state index in [9.17, 15) is 23.8 Å². The number of aliphatic hydroxyl groups is 2. The minimum atomic E-state index is -2.35. The van der Waals surface area contributed by atoms with Crippen LogP contribution in [-0.4, -0.2) is 43.1 Å². The fraction of sp³-hybridized carbons (Fsp3) is 0.240. The Morgan fingerprint density at radius 1 is 1.28 bits per heavy atom. The SMILES string of the molecule is Cc1cc(-n2cc(F)cn2)c2cccc(OCc3c(Cl)cc(F)cc3[C@H](C)C(O)(CO)C(N)=O)c2n1. The minimum Gasteiger partial charge on any atom is -0.487 e. The van der Waals surface area contributed by atoms with Crippen LogP contribution < -0.4 is 10.5 Å². The van der Waals surface area contributed by atoms with E-state index in [0.29, 0.717) is 28.0 Å². The number of para-hydroxylation sites is 1. The molecule has 2 atom stereocenters. The molecule has 2 aromatic heterocycles. The van der Waals surface area contributed by atoms with Gasteiger partial charge in [-0.05, 0) is 36.8 Å². The number of hydrogen-bond acceptors (Lipinski definition) is 6. The number of halogens is 3. The first-order valence-corrected chi connectivity index (χ1v) is 11.3. The van der Waals surface area contributed by atoms with Gasteiger partial charge in [0.1, 0.15) is 23.7 Å². The van der Waals surface area contributed by atoms with Gasteiger partial charge in [-0.3, -0.25) is 4.79 Å². The second kappa shape index (κ2) is 9.81. The highest BCUT2D eigenvalue weighted by molar-refractivity contribution is 6.31. The van der Waals surface area contributed by atoms with E-state index in [1.54, 1.807) is 31.2 Å². The summed E-state index contributed by atoms with van der Waals surface area (Å²) in [6.07, 6.45) is 2.34. The molecule has 188 valence electrons. The Balaban J connectivity index is 1.76. The molecule has 36 heavy (non-hydrogen) atoms. The zero-order valence-corrected chi connectivity index (χ0v) is 20.1. The molecule has 11 heteroatoms. The molecule has 0 saturated heterocycles. The predicted molar refractivity (Wildman–Crippen MR) is 129 cm³/mol. The van der Waals surface area contributed by atoms with E-state index in [1.807, 2.05) is 0 Å². The lowest BCUT2D eigenvalue weighted by Gasteiger charge is -2.31. The number of carbonyl (C=O) groups excluding carboxylic acids is 1. The standard InChI is InChI=1S/C25H23ClF2N4O4/c1-13-6-21(32-10-16(28)9-30-32)17-4-3-5-22(23(17)31-13)36-11-19-18(7-15(27)8-20(19)26)14(2)25(35,12-33)24(29)34/h3-10,14,33,35H,11-12H2,1-2H3,(H2,29,34)/t14-,25?/m0/s1. The van der Waals surface area contributed by atoms with Gasteiger partial charge in [0.25, 0.3) is 5.91 Å². The number of rotatable bonds is 8. The van der Waals surface area contributed by atoms with Gasteiger partial charge >= 0.3 is 0 Å². The van der Waals surface area contributed by atoms with Crippen LogP contribution >= 0.6 is 11.6 Å². The van der Waals surface area contributed by atoms with Crippen LogP contribution in [0, 0.1) is 18.6 Å². The van der Waals surface area contributed by atoms with E-state index in [1.165, 1.54) is 17.8 Å². The van der Waals surface area contributed by atoms with Crippen molar-refractivity contribution in [2.45, 2.75) is 32.0 Å². The number of primary amides is 1. The summed E-state index contributed by atoms with van der Waals surface area (Å²) in [7, 11) is 0. The molecule has 1 unspecified atom stereocenters. The van der Waals surface area contributed by atoms with Crippen molar-refractivity contribution >= 4 is 28.4 Å². The molecule has 4 N–H and O–H groups in total. The summed E-state index contributed by atoms with van der Waals surface area (Å²) in [5, 5.41) is 25.0. The molecule has 0 spiro atoms. The Hall–Kier alpha value is -3.60. The molecule has 2 aromatic carbocycles. The van der Waals surface area contributed by atoms with Crippen molar-refractivity contribution in [1.82, 2.24) is 14.8 Å². The summed E-state index contributed by atoms with van der Waals surface area (Å²) in [4.78, 5) is 16.4. The fourth-order valence-corrected chi connectivity index (χ4v) is 4.33. The second-order valence-corrected chi connectivity index (χ2v) is 8.86. The van der Waals surface area contributed by atoms with Crippen LogP contribution in [0.25, 0.3) is 16.6 Å². The van der Waals surface area contributed by atoms with Gasteiger partial charge in [0.2, 0.25) is 0 Å². The number of ether oxygens (including phenoxy) is 1. The van der Waals surface area contributed by atoms with E-state index in [-0.39, 0.29) is 22.8 Å². The first-order valence-electron chi connectivity index (χ1n) is 10.9. The van der Waals surface area contributed by atoms with E-state index in [2.05, 4.69) is 10.1 Å². The first-order chi connectivity index (χ1) is 17.0. The number of aryl methyl sites for hydroxylation is 1. The van der Waals surface area contributed by atoms with Gasteiger partial charge in [-0.1, -0.05) is 30.7 Å². The molecular formula is C25H23ClF2N4O4. The largest absolute Gasteiger partial charge is 0.487 e. The number of nitrogens with zero attached hydrogens (tertiary/aromatic N) is 3. The van der Waals surface area contributed by atoms with Crippen LogP contribution in [0.4, 0.5) is 8.78 Å². The van der Waals surface area contributed by atoms with Crippen molar-refractivity contribution < 1.29 is 28.5 Å². The van der Waals surface area contributed by atoms with E-state index >= 15 is 0 Å². The van der Waals surface area contributed by atoms with E-state index in [0.717, 1.165) is 18.3 Å². The Bertz CT molecular complexity index is 1460. The number of fused-ring (bicyclic) bond motifs is 1. The van der Waals surface area contributed by atoms with Crippen molar-refractivity contribution in [2.75, 3.05) is 6.61 Å². The molecule has 0 aliphatic carbocycles. The van der Waals surface area contributed by atoms with Gasteiger partial charge in [0.15, 0.2) is 11.4 Å². The molecule has 4 rings (SSSR count). The molecule has 0 saturated carbocycles. The van der Waals surface area contributed by atoms with Crippen LogP contribution in [0.3, 0.4) is 0 Å². The van der Waals surface area contributed by atoms with Crippen LogP contribution in [0.2, 0.25) is 5.02 Å². The number of aliphatic hydroxyl groups excluding tert-OH is 1. The Kier molecular flexibility index (Phi) is 6.94. The molecule has 4 aromatic rings. The predicted octanol–water partition coefficient (Wildman–Crippen LogP) is 3.55. The van der Waals surface area contributed by atoms with Crippen molar-refractivity contribution in [3.05, 3.63) is 82.3 Å². The summed E-state index contributed by atoms with van der Waals surface area (Å²) in [5.41, 5.74) is 5.09. The van der Waals surface area contributed by atoms with Crippen molar-refractivity contribution in [3.63, 3.8) is 0 Å². The molecule has 0 radical (unpaired) electrons. The quantitative estimate of drug-likeness (QED) is 0.329. The van der Waals surface area contributed by atoms with Gasteiger partial charge in [-0.2, -0.15) is 5.10 Å². The van der Waals surface area contributed by atoms with Crippen LogP contribution in [0.5, 0.6) is 5.75 Å². The lowest BCUT2D eigenvalue weighted by Crippen LogP contribution is -2.51. The van der Waals surface area contributed by atoms with Gasteiger partial charge in [0, 0.05) is 22.6 Å². The zero-order valence-electron chi connectivity index (χ0n) is 19.4. The first kappa shape index (κ1) is 25.5. The summed E-state index contributed by atoms with van der Waals surface area (Å²) >= 11 is 6.33. The van der Waals surface area contributed by atoms with Gasteiger partial charge in [-0.25, -0.2) is 18.4 Å². The third-order valence-electron chi connectivity index (χ3n) is 6.12. The summed E-state index contributed by atoms with van der Waals surface area (Å²) in [6, 6.07) is 9.13.